The molecule has 1 saturated carbocycles. The summed E-state index contributed by atoms with van der Waals surface area (Å²) in [7, 11) is 0. The summed E-state index contributed by atoms with van der Waals surface area (Å²) in [4.78, 5) is 18.2. The number of rotatable bonds is 5. The summed E-state index contributed by atoms with van der Waals surface area (Å²) >= 11 is 0. The highest BCUT2D eigenvalue weighted by Crippen LogP contribution is 2.34. The van der Waals surface area contributed by atoms with E-state index >= 15 is 0 Å². The van der Waals surface area contributed by atoms with Crippen molar-refractivity contribution < 1.29 is 4.79 Å². The van der Waals surface area contributed by atoms with Gasteiger partial charge in [0.15, 0.2) is 0 Å². The molecule has 1 heterocycles. The van der Waals surface area contributed by atoms with Crippen LogP contribution >= 0.6 is 0 Å². The van der Waals surface area contributed by atoms with E-state index in [2.05, 4.69) is 58.7 Å². The maximum Gasteiger partial charge on any atom is 0.318 e. The van der Waals surface area contributed by atoms with E-state index in [0.29, 0.717) is 6.04 Å². The zero-order valence-electron chi connectivity index (χ0n) is 17.7. The summed E-state index contributed by atoms with van der Waals surface area (Å²) in [5.41, 5.74) is 3.39. The topological polar surface area (TPSA) is 35.6 Å². The molecule has 0 spiro atoms. The maximum atomic E-state index is 13.6. The summed E-state index contributed by atoms with van der Waals surface area (Å²) in [5.74, 6) is 0. The van der Waals surface area contributed by atoms with Gasteiger partial charge in [0, 0.05) is 25.7 Å². The highest BCUT2D eigenvalue weighted by atomic mass is 16.2. The molecule has 1 aliphatic carbocycles. The molecular weight excluding hydrogens is 382 g/mol. The van der Waals surface area contributed by atoms with Crippen LogP contribution in [0.25, 0.3) is 0 Å². The lowest BCUT2D eigenvalue weighted by molar-refractivity contribution is 0.0883. The molecular formula is C27H29N3O. The Kier molecular flexibility index (Phi) is 5.72. The Morgan fingerprint density at radius 3 is 1.87 bits per heavy atom. The van der Waals surface area contributed by atoms with Crippen LogP contribution in [0.2, 0.25) is 0 Å². The van der Waals surface area contributed by atoms with Gasteiger partial charge < -0.3 is 10.2 Å². The van der Waals surface area contributed by atoms with Crippen molar-refractivity contribution in [3.8, 4) is 0 Å². The van der Waals surface area contributed by atoms with Gasteiger partial charge in [-0.15, -0.1) is 0 Å². The van der Waals surface area contributed by atoms with Crippen LogP contribution in [0.1, 0.15) is 41.6 Å². The van der Waals surface area contributed by atoms with Crippen molar-refractivity contribution in [1.82, 2.24) is 15.1 Å². The Bertz CT molecular complexity index is 949. The molecule has 3 aromatic rings. The summed E-state index contributed by atoms with van der Waals surface area (Å²) in [6, 6.07) is 31.5. The molecule has 1 saturated heterocycles. The number of nitrogens with one attached hydrogen (secondary N) is 1. The molecule has 158 valence electrons. The van der Waals surface area contributed by atoms with E-state index in [0.717, 1.165) is 30.8 Å². The molecule has 2 fully saturated rings. The minimum atomic E-state index is -0.173. The molecule has 5 rings (SSSR count). The monoisotopic (exact) mass is 411 g/mol. The Morgan fingerprint density at radius 2 is 1.32 bits per heavy atom. The molecule has 4 nitrogen and oxygen atoms in total. The minimum absolute atomic E-state index is 0.00186. The quantitative estimate of drug-likeness (QED) is 0.641. The fourth-order valence-corrected chi connectivity index (χ4v) is 4.64. The molecule has 1 aliphatic heterocycles. The molecule has 31 heavy (non-hydrogen) atoms. The van der Waals surface area contributed by atoms with Gasteiger partial charge in [-0.3, -0.25) is 4.90 Å². The van der Waals surface area contributed by atoms with Crippen molar-refractivity contribution in [2.45, 2.75) is 31.0 Å². The second kappa shape index (κ2) is 8.94. The van der Waals surface area contributed by atoms with Crippen LogP contribution in [0.3, 0.4) is 0 Å². The Hall–Kier alpha value is -3.11. The van der Waals surface area contributed by atoms with Gasteiger partial charge >= 0.3 is 6.03 Å². The molecule has 0 bridgehead atoms. The molecule has 2 amide bonds. The number of carbonyl (C=O) groups is 1. The standard InChI is InChI=1S/C27H29N3O/c31-27(28-26(22-12-6-2-7-13-22)23-14-8-3-9-15-23)30-19-18-29(24-16-17-24)20-25(30)21-10-4-1-5-11-21/h1-15,24-26H,16-20H2,(H,28,31). The van der Waals surface area contributed by atoms with Crippen LogP contribution in [0.15, 0.2) is 91.0 Å². The van der Waals surface area contributed by atoms with Crippen molar-refractivity contribution in [2.75, 3.05) is 19.6 Å². The fraction of sp³-hybridized carbons (Fsp3) is 0.296. The summed E-state index contributed by atoms with van der Waals surface area (Å²) in [5, 5.41) is 3.35. The third-order valence-corrected chi connectivity index (χ3v) is 6.45. The molecule has 3 aromatic carbocycles. The van der Waals surface area contributed by atoms with Gasteiger partial charge in [0.2, 0.25) is 0 Å². The van der Waals surface area contributed by atoms with Gasteiger partial charge in [-0.05, 0) is 29.5 Å². The van der Waals surface area contributed by atoms with E-state index in [1.165, 1.54) is 18.4 Å². The van der Waals surface area contributed by atoms with E-state index in [-0.39, 0.29) is 18.1 Å². The highest BCUT2D eigenvalue weighted by molar-refractivity contribution is 5.76. The lowest BCUT2D eigenvalue weighted by Crippen LogP contribution is -2.54. The van der Waals surface area contributed by atoms with Crippen LogP contribution in [-0.2, 0) is 0 Å². The normalized spacial score (nSPS) is 19.4. The van der Waals surface area contributed by atoms with Gasteiger partial charge in [-0.25, -0.2) is 4.79 Å². The third-order valence-electron chi connectivity index (χ3n) is 6.45. The zero-order valence-corrected chi connectivity index (χ0v) is 17.7. The van der Waals surface area contributed by atoms with Crippen LogP contribution in [-0.4, -0.2) is 41.5 Å². The second-order valence-electron chi connectivity index (χ2n) is 8.55. The number of hydrogen-bond donors (Lipinski definition) is 1. The number of benzene rings is 3. The van der Waals surface area contributed by atoms with E-state index < -0.39 is 0 Å². The van der Waals surface area contributed by atoms with Crippen molar-refractivity contribution >= 4 is 6.03 Å². The predicted molar refractivity (Wildman–Crippen MR) is 124 cm³/mol. The number of piperazine rings is 1. The van der Waals surface area contributed by atoms with Crippen molar-refractivity contribution in [3.63, 3.8) is 0 Å². The summed E-state index contributed by atoms with van der Waals surface area (Å²) in [6.07, 6.45) is 2.58. The van der Waals surface area contributed by atoms with Gasteiger partial charge in [0.25, 0.3) is 0 Å². The average Bonchev–Trinajstić information content (AvgIpc) is 3.69. The van der Waals surface area contributed by atoms with Crippen molar-refractivity contribution in [3.05, 3.63) is 108 Å². The SMILES string of the molecule is O=C(NC(c1ccccc1)c1ccccc1)N1CCN(C2CC2)CC1c1ccccc1. The van der Waals surface area contributed by atoms with Crippen LogP contribution in [0.5, 0.6) is 0 Å². The predicted octanol–water partition coefficient (Wildman–Crippen LogP) is 5.01. The largest absolute Gasteiger partial charge is 0.327 e. The van der Waals surface area contributed by atoms with E-state index in [1.807, 2.05) is 47.4 Å². The van der Waals surface area contributed by atoms with Gasteiger partial charge in [-0.2, -0.15) is 0 Å². The smallest absolute Gasteiger partial charge is 0.318 e. The number of carbonyl (C=O) groups excluding carboxylic acids is 1. The summed E-state index contributed by atoms with van der Waals surface area (Å²) < 4.78 is 0. The van der Waals surface area contributed by atoms with Crippen LogP contribution in [0.4, 0.5) is 4.79 Å². The first kappa shape index (κ1) is 19.8. The first-order valence-corrected chi connectivity index (χ1v) is 11.3. The number of urea groups is 1. The van der Waals surface area contributed by atoms with Crippen molar-refractivity contribution in [1.29, 1.82) is 0 Å². The first-order chi connectivity index (χ1) is 15.3. The lowest BCUT2D eigenvalue weighted by Gasteiger charge is -2.42. The lowest BCUT2D eigenvalue weighted by atomic mass is 9.98. The van der Waals surface area contributed by atoms with Gasteiger partial charge in [0.1, 0.15) is 0 Å². The third kappa shape index (κ3) is 4.49. The molecule has 4 heteroatoms. The number of hydrogen-bond acceptors (Lipinski definition) is 2. The molecule has 0 radical (unpaired) electrons. The van der Waals surface area contributed by atoms with E-state index in [1.54, 1.807) is 0 Å². The molecule has 1 unspecified atom stereocenters. The van der Waals surface area contributed by atoms with Crippen LogP contribution in [0, 0.1) is 0 Å². The van der Waals surface area contributed by atoms with Crippen LogP contribution < -0.4 is 5.32 Å². The second-order valence-corrected chi connectivity index (χ2v) is 8.55. The zero-order chi connectivity index (χ0) is 21.0. The van der Waals surface area contributed by atoms with E-state index in [9.17, 15) is 4.79 Å². The number of nitrogens with zero attached hydrogens (tertiary/aromatic N) is 2. The minimum Gasteiger partial charge on any atom is -0.327 e. The van der Waals surface area contributed by atoms with Crippen molar-refractivity contribution in [2.24, 2.45) is 0 Å². The molecule has 1 atom stereocenters. The Balaban J connectivity index is 1.41. The maximum absolute atomic E-state index is 13.6. The average molecular weight is 412 g/mol. The fourth-order valence-electron chi connectivity index (χ4n) is 4.64. The first-order valence-electron chi connectivity index (χ1n) is 11.3. The number of amides is 2. The molecule has 1 N–H and O–H groups in total. The van der Waals surface area contributed by atoms with E-state index in [4.69, 9.17) is 0 Å². The Morgan fingerprint density at radius 1 is 0.774 bits per heavy atom. The Labute approximate surface area is 184 Å². The highest BCUT2D eigenvalue weighted by Gasteiger charge is 2.38. The van der Waals surface area contributed by atoms with Gasteiger partial charge in [-0.1, -0.05) is 91.0 Å². The summed E-state index contributed by atoms with van der Waals surface area (Å²) in [6.45, 7) is 2.60. The molecule has 2 aliphatic rings. The molecule has 0 aromatic heterocycles. The van der Waals surface area contributed by atoms with Gasteiger partial charge in [0.05, 0.1) is 12.1 Å².